The molecule has 15 heavy (non-hydrogen) atoms. The molecule has 1 saturated heterocycles. The Hall–Kier alpha value is -0.610. The highest BCUT2D eigenvalue weighted by molar-refractivity contribution is 5.73. The largest absolute Gasteiger partial charge is 0.479 e. The van der Waals surface area contributed by atoms with Gasteiger partial charge >= 0.3 is 5.97 Å². The average Bonchev–Trinajstić information content (AvgIpc) is 2.13. The van der Waals surface area contributed by atoms with Crippen LogP contribution < -0.4 is 0 Å². The molecule has 0 saturated carbocycles. The van der Waals surface area contributed by atoms with Crippen LogP contribution in [0.25, 0.3) is 0 Å². The summed E-state index contributed by atoms with van der Waals surface area (Å²) in [6, 6.07) is 0. The molecule has 4 nitrogen and oxygen atoms in total. The molecule has 0 aromatic rings. The maximum absolute atomic E-state index is 11.0. The topological polar surface area (TPSA) is 55.8 Å². The van der Waals surface area contributed by atoms with Crippen LogP contribution in [0, 0.1) is 5.41 Å². The van der Waals surface area contributed by atoms with E-state index >= 15 is 0 Å². The summed E-state index contributed by atoms with van der Waals surface area (Å²) < 4.78 is 10.9. The fourth-order valence-corrected chi connectivity index (χ4v) is 1.60. The molecule has 0 aliphatic carbocycles. The van der Waals surface area contributed by atoms with E-state index in [1.807, 2.05) is 20.8 Å². The quantitative estimate of drug-likeness (QED) is 0.784. The first-order chi connectivity index (χ1) is 6.91. The minimum Gasteiger partial charge on any atom is -0.479 e. The van der Waals surface area contributed by atoms with Crippen LogP contribution >= 0.6 is 0 Å². The van der Waals surface area contributed by atoms with Crippen LogP contribution in [0.4, 0.5) is 0 Å². The van der Waals surface area contributed by atoms with E-state index in [4.69, 9.17) is 14.6 Å². The number of carboxylic acids is 1. The number of carboxylic acid groups (broad SMARTS) is 1. The second-order valence-corrected chi connectivity index (χ2v) is 5.02. The molecule has 1 aliphatic heterocycles. The summed E-state index contributed by atoms with van der Waals surface area (Å²) in [5, 5.41) is 9.06. The zero-order chi connectivity index (χ0) is 11.5. The van der Waals surface area contributed by atoms with Gasteiger partial charge in [-0.25, -0.2) is 4.79 Å². The van der Waals surface area contributed by atoms with Gasteiger partial charge in [0, 0.05) is 6.61 Å². The Morgan fingerprint density at radius 2 is 2.13 bits per heavy atom. The summed E-state index contributed by atoms with van der Waals surface area (Å²) in [4.78, 5) is 11.0. The Bertz CT molecular complexity index is 213. The van der Waals surface area contributed by atoms with E-state index in [0.717, 1.165) is 19.3 Å². The van der Waals surface area contributed by atoms with E-state index in [2.05, 4.69) is 0 Å². The number of aliphatic carboxylic acids is 1. The van der Waals surface area contributed by atoms with E-state index in [9.17, 15) is 4.79 Å². The van der Waals surface area contributed by atoms with E-state index in [-0.39, 0.29) is 6.29 Å². The van der Waals surface area contributed by atoms with Crippen molar-refractivity contribution in [2.45, 2.75) is 52.4 Å². The molecule has 1 unspecified atom stereocenters. The molecule has 1 N–H and O–H groups in total. The normalized spacial score (nSPS) is 24.9. The van der Waals surface area contributed by atoms with Crippen molar-refractivity contribution >= 4 is 5.97 Å². The van der Waals surface area contributed by atoms with Gasteiger partial charge in [-0.05, 0) is 24.7 Å². The Labute approximate surface area is 90.6 Å². The molecular formula is C11H20O4. The molecule has 4 heteroatoms. The van der Waals surface area contributed by atoms with Crippen molar-refractivity contribution in [2.75, 3.05) is 6.61 Å². The van der Waals surface area contributed by atoms with Crippen molar-refractivity contribution < 1.29 is 19.4 Å². The van der Waals surface area contributed by atoms with Gasteiger partial charge in [0.05, 0.1) is 0 Å². The van der Waals surface area contributed by atoms with Crippen molar-refractivity contribution in [3.63, 3.8) is 0 Å². The molecule has 0 spiro atoms. The highest BCUT2D eigenvalue weighted by Crippen LogP contribution is 2.26. The van der Waals surface area contributed by atoms with Gasteiger partial charge in [0.2, 0.25) is 0 Å². The standard InChI is InChI=1S/C11H20O4/c1-11(2,3)9(10(12)13)15-8-6-4-5-7-14-8/h8-9H,4-7H2,1-3H3,(H,12,13)/t8?,9-/m1/s1. The minimum absolute atomic E-state index is 0.348. The van der Waals surface area contributed by atoms with Crippen LogP contribution in [0.2, 0.25) is 0 Å². The third-order valence-corrected chi connectivity index (χ3v) is 2.44. The Kier molecular flexibility index (Phi) is 4.11. The van der Waals surface area contributed by atoms with Gasteiger partial charge in [-0.3, -0.25) is 0 Å². The lowest BCUT2D eigenvalue weighted by Crippen LogP contribution is -2.41. The smallest absolute Gasteiger partial charge is 0.333 e. The van der Waals surface area contributed by atoms with Crippen molar-refractivity contribution in [3.8, 4) is 0 Å². The van der Waals surface area contributed by atoms with E-state index in [1.165, 1.54) is 0 Å². The third kappa shape index (κ3) is 3.80. The molecule has 1 heterocycles. The van der Waals surface area contributed by atoms with Gasteiger partial charge < -0.3 is 14.6 Å². The lowest BCUT2D eigenvalue weighted by molar-refractivity contribution is -0.216. The summed E-state index contributed by atoms with van der Waals surface area (Å²) in [6.07, 6.45) is 1.72. The maximum Gasteiger partial charge on any atom is 0.333 e. The minimum atomic E-state index is -0.920. The summed E-state index contributed by atoms with van der Waals surface area (Å²) >= 11 is 0. The van der Waals surface area contributed by atoms with Crippen molar-refractivity contribution in [3.05, 3.63) is 0 Å². The SMILES string of the molecule is CC(C)(C)[C@H](OC1CCCCO1)C(=O)O. The van der Waals surface area contributed by atoms with Crippen LogP contribution in [-0.4, -0.2) is 30.1 Å². The first kappa shape index (κ1) is 12.5. The van der Waals surface area contributed by atoms with Gasteiger partial charge in [0.1, 0.15) is 0 Å². The highest BCUT2D eigenvalue weighted by atomic mass is 16.7. The van der Waals surface area contributed by atoms with Crippen LogP contribution in [0.1, 0.15) is 40.0 Å². The maximum atomic E-state index is 11.0. The fraction of sp³-hybridized carbons (Fsp3) is 0.909. The third-order valence-electron chi connectivity index (χ3n) is 2.44. The van der Waals surface area contributed by atoms with Crippen molar-refractivity contribution in [1.29, 1.82) is 0 Å². The van der Waals surface area contributed by atoms with Gasteiger partial charge in [0.25, 0.3) is 0 Å². The zero-order valence-electron chi connectivity index (χ0n) is 9.66. The Balaban J connectivity index is 2.54. The second-order valence-electron chi connectivity index (χ2n) is 5.02. The number of carbonyl (C=O) groups is 1. The fourth-order valence-electron chi connectivity index (χ4n) is 1.60. The summed E-state index contributed by atoms with van der Waals surface area (Å²) in [5.74, 6) is -0.920. The van der Waals surface area contributed by atoms with Crippen LogP contribution in [0.5, 0.6) is 0 Å². The van der Waals surface area contributed by atoms with E-state index < -0.39 is 17.5 Å². The highest BCUT2D eigenvalue weighted by Gasteiger charge is 2.35. The first-order valence-electron chi connectivity index (χ1n) is 5.41. The summed E-state index contributed by atoms with van der Waals surface area (Å²) in [7, 11) is 0. The Morgan fingerprint density at radius 1 is 1.47 bits per heavy atom. The lowest BCUT2D eigenvalue weighted by Gasteiger charge is -2.32. The van der Waals surface area contributed by atoms with Gasteiger partial charge in [-0.1, -0.05) is 20.8 Å². The number of hydrogen-bond acceptors (Lipinski definition) is 3. The van der Waals surface area contributed by atoms with Gasteiger partial charge in [0.15, 0.2) is 12.4 Å². The number of ether oxygens (including phenoxy) is 2. The lowest BCUT2D eigenvalue weighted by atomic mass is 9.89. The molecule has 0 radical (unpaired) electrons. The summed E-state index contributed by atoms with van der Waals surface area (Å²) in [6.45, 7) is 6.24. The summed E-state index contributed by atoms with van der Waals surface area (Å²) in [5.41, 5.74) is -0.410. The zero-order valence-corrected chi connectivity index (χ0v) is 9.66. The molecule has 0 amide bonds. The number of hydrogen-bond donors (Lipinski definition) is 1. The van der Waals surface area contributed by atoms with Crippen molar-refractivity contribution in [1.82, 2.24) is 0 Å². The molecule has 0 aromatic heterocycles. The molecule has 0 bridgehead atoms. The predicted octanol–water partition coefficient (Wildman–Crippen LogP) is 2.03. The van der Waals surface area contributed by atoms with Gasteiger partial charge in [-0.2, -0.15) is 0 Å². The van der Waals surface area contributed by atoms with E-state index in [0.29, 0.717) is 6.61 Å². The average molecular weight is 216 g/mol. The van der Waals surface area contributed by atoms with Crippen LogP contribution in [0.15, 0.2) is 0 Å². The van der Waals surface area contributed by atoms with Gasteiger partial charge in [-0.15, -0.1) is 0 Å². The monoisotopic (exact) mass is 216 g/mol. The molecule has 2 atom stereocenters. The molecule has 0 aromatic carbocycles. The predicted molar refractivity (Wildman–Crippen MR) is 55.6 cm³/mol. The molecule has 1 rings (SSSR count). The first-order valence-corrected chi connectivity index (χ1v) is 5.41. The molecule has 1 fully saturated rings. The Morgan fingerprint density at radius 3 is 2.53 bits per heavy atom. The molecular weight excluding hydrogens is 196 g/mol. The van der Waals surface area contributed by atoms with E-state index in [1.54, 1.807) is 0 Å². The second kappa shape index (κ2) is 4.94. The number of rotatable bonds is 3. The van der Waals surface area contributed by atoms with Crippen molar-refractivity contribution in [2.24, 2.45) is 5.41 Å². The molecule has 88 valence electrons. The van der Waals surface area contributed by atoms with Crippen LogP contribution in [0.3, 0.4) is 0 Å². The van der Waals surface area contributed by atoms with Crippen LogP contribution in [-0.2, 0) is 14.3 Å². The molecule has 1 aliphatic rings.